The van der Waals surface area contributed by atoms with Crippen molar-refractivity contribution in [3.63, 3.8) is 0 Å². The predicted molar refractivity (Wildman–Crippen MR) is 66.0 cm³/mol. The number of halogens is 2. The topological polar surface area (TPSA) is 20.2 Å². The lowest BCUT2D eigenvalue weighted by Crippen LogP contribution is -1.93. The average molecular weight is 251 g/mol. The van der Waals surface area contributed by atoms with Crippen molar-refractivity contribution in [2.45, 2.75) is 6.10 Å². The van der Waals surface area contributed by atoms with E-state index in [-0.39, 0.29) is 0 Å². The van der Waals surface area contributed by atoms with Crippen LogP contribution in [0.5, 0.6) is 0 Å². The van der Waals surface area contributed by atoms with Crippen LogP contribution in [0, 0.1) is 0 Å². The summed E-state index contributed by atoms with van der Waals surface area (Å²) >= 11 is 12.1. The van der Waals surface area contributed by atoms with Gasteiger partial charge in [0, 0.05) is 10.6 Å². The third kappa shape index (κ3) is 1.29. The Morgan fingerprint density at radius 2 is 1.75 bits per heavy atom. The summed E-state index contributed by atoms with van der Waals surface area (Å²) in [5, 5.41) is 11.3. The van der Waals surface area contributed by atoms with E-state index in [4.69, 9.17) is 23.2 Å². The summed E-state index contributed by atoms with van der Waals surface area (Å²) in [6, 6.07) is 11.2. The number of hydrogen-bond donors (Lipinski definition) is 1. The second-order valence-electron chi connectivity index (χ2n) is 3.84. The Bertz CT molecular complexity index is 578. The maximum atomic E-state index is 10.2. The maximum absolute atomic E-state index is 10.2. The van der Waals surface area contributed by atoms with Gasteiger partial charge in [-0.3, -0.25) is 0 Å². The monoisotopic (exact) mass is 250 g/mol. The largest absolute Gasteiger partial charge is 0.384 e. The number of fused-ring (bicyclic) bond motifs is 3. The number of rotatable bonds is 0. The SMILES string of the molecule is O[C@H]1c2ccccc2-c2c(Cl)cc(Cl)cc21. The molecule has 0 saturated carbocycles. The third-order valence-electron chi connectivity index (χ3n) is 2.90. The third-order valence-corrected chi connectivity index (χ3v) is 3.42. The molecule has 0 fully saturated rings. The zero-order valence-electron chi connectivity index (χ0n) is 8.24. The Morgan fingerprint density at radius 1 is 1.00 bits per heavy atom. The fourth-order valence-electron chi connectivity index (χ4n) is 2.22. The predicted octanol–water partition coefficient (Wildman–Crippen LogP) is 4.06. The Morgan fingerprint density at radius 3 is 2.56 bits per heavy atom. The summed E-state index contributed by atoms with van der Waals surface area (Å²) in [6.07, 6.45) is -0.623. The summed E-state index contributed by atoms with van der Waals surface area (Å²) in [4.78, 5) is 0. The molecule has 16 heavy (non-hydrogen) atoms. The minimum Gasteiger partial charge on any atom is -0.384 e. The van der Waals surface area contributed by atoms with Crippen LogP contribution in [-0.2, 0) is 0 Å². The highest BCUT2D eigenvalue weighted by Crippen LogP contribution is 2.47. The molecular weight excluding hydrogens is 243 g/mol. The molecule has 80 valence electrons. The first kappa shape index (κ1) is 10.2. The van der Waals surface area contributed by atoms with Crippen LogP contribution < -0.4 is 0 Å². The molecule has 0 aromatic heterocycles. The van der Waals surface area contributed by atoms with Gasteiger partial charge in [0.1, 0.15) is 6.10 Å². The van der Waals surface area contributed by atoms with Gasteiger partial charge in [0.15, 0.2) is 0 Å². The molecule has 0 amide bonds. The van der Waals surface area contributed by atoms with Gasteiger partial charge >= 0.3 is 0 Å². The van der Waals surface area contributed by atoms with Gasteiger partial charge in [-0.15, -0.1) is 0 Å². The van der Waals surface area contributed by atoms with E-state index < -0.39 is 6.10 Å². The summed E-state index contributed by atoms with van der Waals surface area (Å²) in [5.41, 5.74) is 3.57. The number of aliphatic hydroxyl groups is 1. The Balaban J connectivity index is 2.38. The highest BCUT2D eigenvalue weighted by atomic mass is 35.5. The van der Waals surface area contributed by atoms with Crippen molar-refractivity contribution in [3.8, 4) is 11.1 Å². The summed E-state index contributed by atoms with van der Waals surface area (Å²) in [5.74, 6) is 0. The van der Waals surface area contributed by atoms with Crippen molar-refractivity contribution >= 4 is 23.2 Å². The highest BCUT2D eigenvalue weighted by Gasteiger charge is 2.28. The molecule has 1 N–H and O–H groups in total. The van der Waals surface area contributed by atoms with E-state index in [0.29, 0.717) is 10.0 Å². The first-order chi connectivity index (χ1) is 7.68. The quantitative estimate of drug-likeness (QED) is 0.748. The van der Waals surface area contributed by atoms with Crippen LogP contribution in [0.1, 0.15) is 17.2 Å². The number of hydrogen-bond acceptors (Lipinski definition) is 1. The molecule has 1 aliphatic rings. The van der Waals surface area contributed by atoms with Crippen molar-refractivity contribution < 1.29 is 5.11 Å². The minimum atomic E-state index is -0.623. The van der Waals surface area contributed by atoms with Gasteiger partial charge in [-0.2, -0.15) is 0 Å². The van der Waals surface area contributed by atoms with Crippen LogP contribution in [0.4, 0.5) is 0 Å². The molecule has 0 saturated heterocycles. The Kier molecular flexibility index (Phi) is 2.21. The van der Waals surface area contributed by atoms with Crippen LogP contribution >= 0.6 is 23.2 Å². The summed E-state index contributed by atoms with van der Waals surface area (Å²) < 4.78 is 0. The van der Waals surface area contributed by atoms with Gasteiger partial charge < -0.3 is 5.11 Å². The maximum Gasteiger partial charge on any atom is 0.105 e. The van der Waals surface area contributed by atoms with E-state index in [1.807, 2.05) is 24.3 Å². The fraction of sp³-hybridized carbons (Fsp3) is 0.0769. The lowest BCUT2D eigenvalue weighted by atomic mass is 10.1. The molecule has 2 aromatic rings. The molecule has 3 rings (SSSR count). The highest BCUT2D eigenvalue weighted by molar-refractivity contribution is 6.37. The first-order valence-electron chi connectivity index (χ1n) is 4.95. The molecule has 0 unspecified atom stereocenters. The number of aliphatic hydroxyl groups excluding tert-OH is 1. The van der Waals surface area contributed by atoms with Crippen LogP contribution in [0.3, 0.4) is 0 Å². The Hall–Kier alpha value is -1.02. The average Bonchev–Trinajstić information content (AvgIpc) is 2.54. The molecular formula is C13H8Cl2O. The van der Waals surface area contributed by atoms with Gasteiger partial charge in [-0.25, -0.2) is 0 Å². The number of benzene rings is 2. The lowest BCUT2D eigenvalue weighted by Gasteiger charge is -2.06. The van der Waals surface area contributed by atoms with E-state index in [0.717, 1.165) is 22.3 Å². The molecule has 2 aromatic carbocycles. The molecule has 0 bridgehead atoms. The van der Waals surface area contributed by atoms with Crippen molar-refractivity contribution in [1.82, 2.24) is 0 Å². The van der Waals surface area contributed by atoms with Crippen LogP contribution in [0.2, 0.25) is 10.0 Å². The van der Waals surface area contributed by atoms with Crippen molar-refractivity contribution in [1.29, 1.82) is 0 Å². The molecule has 0 aliphatic heterocycles. The summed E-state index contributed by atoms with van der Waals surface area (Å²) in [6.45, 7) is 0. The standard InChI is InChI=1S/C13H8Cl2O/c14-7-5-10-12(11(15)6-7)8-3-1-2-4-9(8)13(10)16/h1-6,13,16H/t13-/m0/s1. The molecule has 0 spiro atoms. The van der Waals surface area contributed by atoms with E-state index in [2.05, 4.69) is 0 Å². The fourth-order valence-corrected chi connectivity index (χ4v) is 2.83. The zero-order chi connectivity index (χ0) is 11.3. The molecule has 1 aliphatic carbocycles. The second-order valence-corrected chi connectivity index (χ2v) is 4.69. The molecule has 3 heteroatoms. The molecule has 0 heterocycles. The van der Waals surface area contributed by atoms with Crippen molar-refractivity contribution in [2.75, 3.05) is 0 Å². The van der Waals surface area contributed by atoms with Crippen LogP contribution in [0.15, 0.2) is 36.4 Å². The van der Waals surface area contributed by atoms with E-state index in [1.165, 1.54) is 0 Å². The van der Waals surface area contributed by atoms with Gasteiger partial charge in [-0.1, -0.05) is 47.5 Å². The van der Waals surface area contributed by atoms with Crippen molar-refractivity contribution in [2.24, 2.45) is 0 Å². The van der Waals surface area contributed by atoms with Gasteiger partial charge in [0.25, 0.3) is 0 Å². The van der Waals surface area contributed by atoms with Crippen LogP contribution in [0.25, 0.3) is 11.1 Å². The van der Waals surface area contributed by atoms with Gasteiger partial charge in [0.05, 0.1) is 5.02 Å². The molecule has 1 atom stereocenters. The van der Waals surface area contributed by atoms with Crippen LogP contribution in [-0.4, -0.2) is 5.11 Å². The van der Waals surface area contributed by atoms with Gasteiger partial charge in [0.2, 0.25) is 0 Å². The van der Waals surface area contributed by atoms with E-state index >= 15 is 0 Å². The smallest absolute Gasteiger partial charge is 0.105 e. The van der Waals surface area contributed by atoms with Crippen molar-refractivity contribution in [3.05, 3.63) is 57.6 Å². The van der Waals surface area contributed by atoms with E-state index in [1.54, 1.807) is 12.1 Å². The zero-order valence-corrected chi connectivity index (χ0v) is 9.76. The molecule has 0 radical (unpaired) electrons. The minimum absolute atomic E-state index is 0.551. The summed E-state index contributed by atoms with van der Waals surface area (Å²) in [7, 11) is 0. The van der Waals surface area contributed by atoms with E-state index in [9.17, 15) is 5.11 Å². The van der Waals surface area contributed by atoms with Gasteiger partial charge in [-0.05, 0) is 28.8 Å². The lowest BCUT2D eigenvalue weighted by molar-refractivity contribution is 0.225. The normalized spacial score (nSPS) is 17.1. The molecule has 1 nitrogen and oxygen atoms in total. The Labute approximate surface area is 103 Å². The first-order valence-corrected chi connectivity index (χ1v) is 5.70. The second kappa shape index (κ2) is 3.49.